The van der Waals surface area contributed by atoms with Gasteiger partial charge in [-0.1, -0.05) is 12.1 Å². The molecule has 1 atom stereocenters. The van der Waals surface area contributed by atoms with E-state index in [-0.39, 0.29) is 0 Å². The molecular weight excluding hydrogens is 232 g/mol. The summed E-state index contributed by atoms with van der Waals surface area (Å²) in [4.78, 5) is 5.15. The maximum absolute atomic E-state index is 5.67. The van der Waals surface area contributed by atoms with Crippen molar-refractivity contribution >= 4 is 11.3 Å². The minimum absolute atomic E-state index is 0.366. The Morgan fingerprint density at radius 2 is 2.12 bits per heavy atom. The van der Waals surface area contributed by atoms with Crippen molar-refractivity contribution in [1.82, 2.24) is 10.3 Å². The van der Waals surface area contributed by atoms with Gasteiger partial charge >= 0.3 is 0 Å². The zero-order valence-electron chi connectivity index (χ0n) is 10.0. The molecule has 0 amide bonds. The molecule has 0 radical (unpaired) electrons. The van der Waals surface area contributed by atoms with Crippen LogP contribution in [-0.4, -0.2) is 12.0 Å². The lowest BCUT2D eigenvalue weighted by atomic mass is 10.1. The maximum Gasteiger partial charge on any atom is 0.124 e. The number of rotatable bonds is 5. The van der Waals surface area contributed by atoms with E-state index in [1.54, 1.807) is 11.3 Å². The lowest BCUT2D eigenvalue weighted by molar-refractivity contribution is 0.309. The highest BCUT2D eigenvalue weighted by Gasteiger charge is 2.02. The average molecular weight is 248 g/mol. The predicted molar refractivity (Wildman–Crippen MR) is 70.4 cm³/mol. The van der Waals surface area contributed by atoms with Gasteiger partial charge in [-0.2, -0.15) is 0 Å². The molecule has 0 fully saturated rings. The quantitative estimate of drug-likeness (QED) is 0.883. The molecule has 0 aliphatic heterocycles. The molecule has 0 spiro atoms. The number of hydrogen-bond donors (Lipinski definition) is 1. The fourth-order valence-corrected chi connectivity index (χ4v) is 1.99. The summed E-state index contributed by atoms with van der Waals surface area (Å²) in [6, 6.07) is 8.55. The smallest absolute Gasteiger partial charge is 0.124 e. The molecule has 3 nitrogen and oxygen atoms in total. The van der Waals surface area contributed by atoms with Crippen molar-refractivity contribution in [3.8, 4) is 5.75 Å². The summed E-state index contributed by atoms with van der Waals surface area (Å²) in [5.41, 5.74) is 3.08. The van der Waals surface area contributed by atoms with Crippen LogP contribution in [0.5, 0.6) is 5.75 Å². The number of nitrogens with one attached hydrogen (secondary N) is 1. The normalized spacial score (nSPS) is 12.4. The van der Waals surface area contributed by atoms with Crippen LogP contribution in [0.15, 0.2) is 36.0 Å². The highest BCUT2D eigenvalue weighted by atomic mass is 32.1. The number of nitrogens with zero attached hydrogens (tertiary/aromatic N) is 1. The van der Waals surface area contributed by atoms with Crippen LogP contribution in [0.25, 0.3) is 0 Å². The van der Waals surface area contributed by atoms with Crippen molar-refractivity contribution in [3.63, 3.8) is 0 Å². The first-order valence-corrected chi connectivity index (χ1v) is 6.45. The first-order chi connectivity index (χ1) is 8.29. The molecule has 1 aromatic heterocycles. The van der Waals surface area contributed by atoms with E-state index in [4.69, 9.17) is 4.74 Å². The first-order valence-electron chi connectivity index (χ1n) is 5.57. The molecule has 1 aromatic carbocycles. The molecule has 1 N–H and O–H groups in total. The molecule has 4 heteroatoms. The maximum atomic E-state index is 5.67. The number of hydrogen-bond acceptors (Lipinski definition) is 4. The summed E-state index contributed by atoms with van der Waals surface area (Å²) in [5, 5.41) is 3.21. The van der Waals surface area contributed by atoms with E-state index in [1.807, 2.05) is 30.9 Å². The van der Waals surface area contributed by atoms with E-state index in [0.717, 1.165) is 10.6 Å². The van der Waals surface area contributed by atoms with Crippen LogP contribution in [0, 0.1) is 0 Å². The van der Waals surface area contributed by atoms with Gasteiger partial charge in [-0.15, -0.1) is 11.3 Å². The first kappa shape index (κ1) is 12.1. The second-order valence-corrected chi connectivity index (χ2v) is 4.81. The predicted octanol–water partition coefficient (Wildman–Crippen LogP) is 3.00. The van der Waals surface area contributed by atoms with Gasteiger partial charge in [0.25, 0.3) is 0 Å². The summed E-state index contributed by atoms with van der Waals surface area (Å²) in [6.45, 7) is 2.72. The second-order valence-electron chi connectivity index (χ2n) is 3.84. The number of ether oxygens (including phenoxy) is 1. The van der Waals surface area contributed by atoms with Crippen LogP contribution in [0.4, 0.5) is 0 Å². The molecule has 1 heterocycles. The second kappa shape index (κ2) is 5.80. The molecular formula is C13H16N2OS. The molecule has 0 aliphatic carbocycles. The minimum Gasteiger partial charge on any atom is -0.488 e. The Bertz CT molecular complexity index is 439. The number of thiazole rings is 1. The van der Waals surface area contributed by atoms with Gasteiger partial charge in [0, 0.05) is 12.2 Å². The molecule has 90 valence electrons. The monoisotopic (exact) mass is 248 g/mol. The van der Waals surface area contributed by atoms with E-state index in [2.05, 4.69) is 29.4 Å². The highest BCUT2D eigenvalue weighted by Crippen LogP contribution is 2.18. The SMILES string of the molecule is CNC(C)c1ccc(OCc2cncs2)cc1. The van der Waals surface area contributed by atoms with Gasteiger partial charge in [-0.3, -0.25) is 4.98 Å². The highest BCUT2D eigenvalue weighted by molar-refractivity contribution is 7.09. The van der Waals surface area contributed by atoms with Crippen molar-refractivity contribution in [2.24, 2.45) is 0 Å². The van der Waals surface area contributed by atoms with Crippen LogP contribution in [-0.2, 0) is 6.61 Å². The molecule has 2 rings (SSSR count). The Hall–Kier alpha value is -1.39. The van der Waals surface area contributed by atoms with Crippen molar-refractivity contribution in [2.75, 3.05) is 7.05 Å². The van der Waals surface area contributed by atoms with Crippen LogP contribution in [0.2, 0.25) is 0 Å². The van der Waals surface area contributed by atoms with Crippen molar-refractivity contribution in [2.45, 2.75) is 19.6 Å². The third-order valence-electron chi connectivity index (χ3n) is 2.68. The van der Waals surface area contributed by atoms with E-state index in [1.165, 1.54) is 5.56 Å². The van der Waals surface area contributed by atoms with Crippen molar-refractivity contribution < 1.29 is 4.74 Å². The lowest BCUT2D eigenvalue weighted by Crippen LogP contribution is -2.11. The standard InChI is InChI=1S/C13H16N2OS/c1-10(14-2)11-3-5-12(6-4-11)16-8-13-7-15-9-17-13/h3-7,9-10,14H,8H2,1-2H3. The van der Waals surface area contributed by atoms with Gasteiger partial charge in [0.15, 0.2) is 0 Å². The Balaban J connectivity index is 1.94. The Morgan fingerprint density at radius 3 is 2.71 bits per heavy atom. The third-order valence-corrected chi connectivity index (χ3v) is 3.43. The number of aromatic nitrogens is 1. The summed E-state index contributed by atoms with van der Waals surface area (Å²) in [5.74, 6) is 0.894. The lowest BCUT2D eigenvalue weighted by Gasteiger charge is -2.11. The van der Waals surface area contributed by atoms with Crippen LogP contribution < -0.4 is 10.1 Å². The molecule has 0 saturated heterocycles. The topological polar surface area (TPSA) is 34.1 Å². The molecule has 0 aliphatic rings. The Labute approximate surface area is 105 Å². The van der Waals surface area contributed by atoms with Gasteiger partial charge in [0.2, 0.25) is 0 Å². The largest absolute Gasteiger partial charge is 0.488 e. The van der Waals surface area contributed by atoms with E-state index in [0.29, 0.717) is 12.6 Å². The number of benzene rings is 1. The van der Waals surface area contributed by atoms with Crippen LogP contribution >= 0.6 is 11.3 Å². The Morgan fingerprint density at radius 1 is 1.35 bits per heavy atom. The summed E-state index contributed by atoms with van der Waals surface area (Å²) < 4.78 is 5.67. The van der Waals surface area contributed by atoms with Gasteiger partial charge in [0.05, 0.1) is 10.4 Å². The van der Waals surface area contributed by atoms with Gasteiger partial charge in [0.1, 0.15) is 12.4 Å². The summed E-state index contributed by atoms with van der Waals surface area (Å²) >= 11 is 1.61. The summed E-state index contributed by atoms with van der Waals surface area (Å²) in [7, 11) is 1.96. The Kier molecular flexibility index (Phi) is 4.12. The van der Waals surface area contributed by atoms with Gasteiger partial charge in [-0.25, -0.2) is 0 Å². The van der Waals surface area contributed by atoms with Crippen LogP contribution in [0.3, 0.4) is 0 Å². The molecule has 17 heavy (non-hydrogen) atoms. The molecule has 0 saturated carbocycles. The van der Waals surface area contributed by atoms with Crippen molar-refractivity contribution in [3.05, 3.63) is 46.4 Å². The van der Waals surface area contributed by atoms with E-state index >= 15 is 0 Å². The van der Waals surface area contributed by atoms with Gasteiger partial charge < -0.3 is 10.1 Å². The fourth-order valence-electron chi connectivity index (χ4n) is 1.49. The summed E-state index contributed by atoms with van der Waals surface area (Å²) in [6.07, 6.45) is 1.84. The minimum atomic E-state index is 0.366. The molecule has 2 aromatic rings. The average Bonchev–Trinajstić information content (AvgIpc) is 2.89. The zero-order valence-corrected chi connectivity index (χ0v) is 10.8. The van der Waals surface area contributed by atoms with E-state index in [9.17, 15) is 0 Å². The van der Waals surface area contributed by atoms with E-state index < -0.39 is 0 Å². The fraction of sp³-hybridized carbons (Fsp3) is 0.308. The molecule has 0 bridgehead atoms. The zero-order chi connectivity index (χ0) is 12.1. The van der Waals surface area contributed by atoms with Gasteiger partial charge in [-0.05, 0) is 31.7 Å². The van der Waals surface area contributed by atoms with Crippen LogP contribution in [0.1, 0.15) is 23.4 Å². The van der Waals surface area contributed by atoms with Crippen molar-refractivity contribution in [1.29, 1.82) is 0 Å². The molecule has 1 unspecified atom stereocenters. The third kappa shape index (κ3) is 3.28.